The van der Waals surface area contributed by atoms with Crippen LogP contribution in [0.2, 0.25) is 0 Å². The Morgan fingerprint density at radius 3 is 2.68 bits per heavy atom. The maximum atomic E-state index is 12.0. The molecular weight excluding hydrogens is 302 g/mol. The predicted molar refractivity (Wildman–Crippen MR) is 84.9 cm³/mol. The van der Waals surface area contributed by atoms with Gasteiger partial charge < -0.3 is 14.1 Å². The Bertz CT molecular complexity index is 626. The number of carbonyl (C=O) groups is 1. The minimum Gasteiger partial charge on any atom is -0.496 e. The molecule has 0 N–H and O–H groups in total. The van der Waals surface area contributed by atoms with Crippen LogP contribution in [-0.2, 0) is 4.79 Å². The van der Waals surface area contributed by atoms with E-state index in [0.717, 1.165) is 5.56 Å². The Kier molecular flexibility index (Phi) is 5.83. The van der Waals surface area contributed by atoms with Gasteiger partial charge in [0.15, 0.2) is 0 Å². The Balaban J connectivity index is 2.04. The number of para-hydroxylation sites is 1. The van der Waals surface area contributed by atoms with Gasteiger partial charge in [-0.1, -0.05) is 23.9 Å². The standard InChI is InChI=1S/C15H19N3O3S/c1-4-18(5-2)13(19)10-22-15-17-16-14(21-15)11-8-6-7-9-12(11)20-3/h6-9H,4-5,10H2,1-3H3. The fourth-order valence-corrected chi connectivity index (χ4v) is 2.66. The van der Waals surface area contributed by atoms with Gasteiger partial charge in [-0.2, -0.15) is 0 Å². The number of carbonyl (C=O) groups excluding carboxylic acids is 1. The van der Waals surface area contributed by atoms with E-state index in [1.165, 1.54) is 11.8 Å². The lowest BCUT2D eigenvalue weighted by molar-refractivity contribution is -0.127. The highest BCUT2D eigenvalue weighted by Crippen LogP contribution is 2.30. The lowest BCUT2D eigenvalue weighted by Crippen LogP contribution is -2.31. The van der Waals surface area contributed by atoms with Crippen LogP contribution in [0, 0.1) is 0 Å². The lowest BCUT2D eigenvalue weighted by atomic mass is 10.2. The predicted octanol–water partition coefficient (Wildman–Crippen LogP) is 2.71. The number of nitrogens with zero attached hydrogens (tertiary/aromatic N) is 3. The van der Waals surface area contributed by atoms with Gasteiger partial charge in [0.1, 0.15) is 5.75 Å². The van der Waals surface area contributed by atoms with Crippen molar-refractivity contribution in [2.75, 3.05) is 26.0 Å². The van der Waals surface area contributed by atoms with Crippen molar-refractivity contribution in [1.82, 2.24) is 15.1 Å². The maximum absolute atomic E-state index is 12.0. The number of amides is 1. The fourth-order valence-electron chi connectivity index (χ4n) is 1.99. The van der Waals surface area contributed by atoms with Crippen molar-refractivity contribution in [1.29, 1.82) is 0 Å². The molecule has 0 saturated heterocycles. The van der Waals surface area contributed by atoms with E-state index >= 15 is 0 Å². The first-order chi connectivity index (χ1) is 10.7. The molecule has 0 saturated carbocycles. The van der Waals surface area contributed by atoms with Gasteiger partial charge in [-0.05, 0) is 26.0 Å². The molecule has 0 spiro atoms. The van der Waals surface area contributed by atoms with E-state index in [1.807, 2.05) is 38.1 Å². The van der Waals surface area contributed by atoms with Crippen molar-refractivity contribution >= 4 is 17.7 Å². The summed E-state index contributed by atoms with van der Waals surface area (Å²) >= 11 is 1.24. The van der Waals surface area contributed by atoms with Crippen LogP contribution in [0.25, 0.3) is 11.5 Å². The molecule has 0 aliphatic heterocycles. The van der Waals surface area contributed by atoms with E-state index < -0.39 is 0 Å². The Hall–Kier alpha value is -2.02. The normalized spacial score (nSPS) is 10.5. The van der Waals surface area contributed by atoms with Gasteiger partial charge >= 0.3 is 0 Å². The molecule has 2 rings (SSSR count). The summed E-state index contributed by atoms with van der Waals surface area (Å²) in [6, 6.07) is 7.42. The zero-order valence-electron chi connectivity index (χ0n) is 12.9. The molecule has 0 aliphatic rings. The summed E-state index contributed by atoms with van der Waals surface area (Å²) in [6.45, 7) is 5.31. The van der Waals surface area contributed by atoms with Crippen LogP contribution in [-0.4, -0.2) is 47.0 Å². The molecule has 0 atom stereocenters. The zero-order chi connectivity index (χ0) is 15.9. The third-order valence-electron chi connectivity index (χ3n) is 3.18. The number of hydrogen-bond acceptors (Lipinski definition) is 6. The van der Waals surface area contributed by atoms with Crippen LogP contribution in [0.4, 0.5) is 0 Å². The van der Waals surface area contributed by atoms with Gasteiger partial charge in [0.2, 0.25) is 5.91 Å². The molecule has 2 aromatic rings. The first kappa shape index (κ1) is 16.4. The zero-order valence-corrected chi connectivity index (χ0v) is 13.7. The molecule has 1 aromatic heterocycles. The average molecular weight is 321 g/mol. The molecule has 0 bridgehead atoms. The largest absolute Gasteiger partial charge is 0.496 e. The summed E-state index contributed by atoms with van der Waals surface area (Å²) in [5.74, 6) is 1.40. The summed E-state index contributed by atoms with van der Waals surface area (Å²) in [4.78, 5) is 13.7. The third kappa shape index (κ3) is 3.79. The first-order valence-corrected chi connectivity index (χ1v) is 8.05. The number of benzene rings is 1. The van der Waals surface area contributed by atoms with E-state index in [1.54, 1.807) is 12.0 Å². The lowest BCUT2D eigenvalue weighted by Gasteiger charge is -2.17. The molecule has 0 radical (unpaired) electrons. The molecule has 0 aliphatic carbocycles. The van der Waals surface area contributed by atoms with E-state index in [4.69, 9.17) is 9.15 Å². The van der Waals surface area contributed by atoms with Crippen LogP contribution in [0.1, 0.15) is 13.8 Å². The number of thioether (sulfide) groups is 1. The second-order valence-corrected chi connectivity index (χ2v) is 5.35. The van der Waals surface area contributed by atoms with Crippen molar-refractivity contribution in [2.45, 2.75) is 19.1 Å². The minimum atomic E-state index is 0.0621. The van der Waals surface area contributed by atoms with Crippen LogP contribution in [0.3, 0.4) is 0 Å². The number of hydrogen-bond donors (Lipinski definition) is 0. The summed E-state index contributed by atoms with van der Waals surface area (Å²) in [7, 11) is 1.59. The molecule has 0 fully saturated rings. The molecule has 7 heteroatoms. The quantitative estimate of drug-likeness (QED) is 0.730. The van der Waals surface area contributed by atoms with Crippen LogP contribution >= 0.6 is 11.8 Å². The Morgan fingerprint density at radius 1 is 1.27 bits per heavy atom. The van der Waals surface area contributed by atoms with E-state index in [0.29, 0.717) is 30.0 Å². The molecule has 1 heterocycles. The van der Waals surface area contributed by atoms with Gasteiger partial charge in [-0.15, -0.1) is 10.2 Å². The van der Waals surface area contributed by atoms with Gasteiger partial charge in [-0.25, -0.2) is 0 Å². The molecule has 0 unspecified atom stereocenters. The maximum Gasteiger partial charge on any atom is 0.277 e. The van der Waals surface area contributed by atoms with Gasteiger partial charge in [0, 0.05) is 13.1 Å². The summed E-state index contributed by atoms with van der Waals surface area (Å²) < 4.78 is 10.9. The first-order valence-electron chi connectivity index (χ1n) is 7.07. The van der Waals surface area contributed by atoms with Crippen molar-refractivity contribution in [2.24, 2.45) is 0 Å². The number of ether oxygens (including phenoxy) is 1. The number of methoxy groups -OCH3 is 1. The second-order valence-electron chi connectivity index (χ2n) is 4.43. The van der Waals surface area contributed by atoms with Crippen molar-refractivity contribution in [3.05, 3.63) is 24.3 Å². The Labute approximate surface area is 133 Å². The number of aromatic nitrogens is 2. The molecule has 118 valence electrons. The topological polar surface area (TPSA) is 68.5 Å². The van der Waals surface area contributed by atoms with Crippen LogP contribution in [0.15, 0.2) is 33.9 Å². The molecule has 6 nitrogen and oxygen atoms in total. The monoisotopic (exact) mass is 321 g/mol. The van der Waals surface area contributed by atoms with Crippen LogP contribution in [0.5, 0.6) is 5.75 Å². The van der Waals surface area contributed by atoms with Gasteiger partial charge in [0.05, 0.1) is 18.4 Å². The SMILES string of the molecule is CCN(CC)C(=O)CSc1nnc(-c2ccccc2OC)o1. The molecule has 1 aromatic carbocycles. The third-order valence-corrected chi connectivity index (χ3v) is 3.98. The van der Waals surface area contributed by atoms with Crippen molar-refractivity contribution in [3.63, 3.8) is 0 Å². The second kappa shape index (κ2) is 7.84. The minimum absolute atomic E-state index is 0.0621. The van der Waals surface area contributed by atoms with Crippen molar-refractivity contribution in [3.8, 4) is 17.2 Å². The molecule has 1 amide bonds. The Morgan fingerprint density at radius 2 is 2.00 bits per heavy atom. The van der Waals surface area contributed by atoms with Gasteiger partial charge in [-0.3, -0.25) is 4.79 Å². The van der Waals surface area contributed by atoms with Crippen molar-refractivity contribution < 1.29 is 13.9 Å². The van der Waals surface area contributed by atoms with Gasteiger partial charge in [0.25, 0.3) is 11.1 Å². The smallest absolute Gasteiger partial charge is 0.277 e. The average Bonchev–Trinajstić information content (AvgIpc) is 3.02. The van der Waals surface area contributed by atoms with E-state index in [9.17, 15) is 4.79 Å². The molecule has 22 heavy (non-hydrogen) atoms. The highest BCUT2D eigenvalue weighted by Gasteiger charge is 2.15. The number of rotatable bonds is 7. The van der Waals surface area contributed by atoms with E-state index in [-0.39, 0.29) is 11.7 Å². The molecular formula is C15H19N3O3S. The summed E-state index contributed by atoms with van der Waals surface area (Å²) in [5, 5.41) is 8.36. The summed E-state index contributed by atoms with van der Waals surface area (Å²) in [5.41, 5.74) is 0.736. The fraction of sp³-hybridized carbons (Fsp3) is 0.400. The van der Waals surface area contributed by atoms with Crippen LogP contribution < -0.4 is 4.74 Å². The summed E-state index contributed by atoms with van der Waals surface area (Å²) in [6.07, 6.45) is 0. The highest BCUT2D eigenvalue weighted by molar-refractivity contribution is 7.99. The highest BCUT2D eigenvalue weighted by atomic mass is 32.2. The van der Waals surface area contributed by atoms with E-state index in [2.05, 4.69) is 10.2 Å².